The van der Waals surface area contributed by atoms with E-state index in [9.17, 15) is 4.79 Å². The number of carbonyl (C=O) groups excluding carboxylic acids is 1. The highest BCUT2D eigenvalue weighted by Gasteiger charge is 2.34. The Hall–Kier alpha value is -3.26. The molecule has 8 nitrogen and oxygen atoms in total. The normalized spacial score (nSPS) is 16.7. The van der Waals surface area contributed by atoms with Crippen molar-refractivity contribution in [2.45, 2.75) is 19.9 Å². The van der Waals surface area contributed by atoms with Crippen LogP contribution in [0.15, 0.2) is 42.9 Å². The van der Waals surface area contributed by atoms with Gasteiger partial charge in [0.1, 0.15) is 11.4 Å². The van der Waals surface area contributed by atoms with Gasteiger partial charge in [-0.1, -0.05) is 6.07 Å². The lowest BCUT2D eigenvalue weighted by atomic mass is 10.0. The SMILES string of the molecule is COc1cccc(-n2nc(C)c([C@H]3COCCN3C(=O)c3cnccn3)c2C)c1. The third-order valence-corrected chi connectivity index (χ3v) is 5.15. The lowest BCUT2D eigenvalue weighted by Crippen LogP contribution is -2.44. The molecule has 1 aliphatic rings. The average Bonchev–Trinajstić information content (AvgIpc) is 3.07. The molecule has 0 N–H and O–H groups in total. The average molecular weight is 393 g/mol. The molecule has 1 atom stereocenters. The molecule has 8 heteroatoms. The summed E-state index contributed by atoms with van der Waals surface area (Å²) in [5.41, 5.74) is 4.04. The number of carbonyl (C=O) groups is 1. The first-order chi connectivity index (χ1) is 14.1. The van der Waals surface area contributed by atoms with Gasteiger partial charge in [-0.05, 0) is 26.0 Å². The molecule has 3 aromatic rings. The molecule has 0 spiro atoms. The number of benzene rings is 1. The van der Waals surface area contributed by atoms with E-state index in [1.807, 2.05) is 42.8 Å². The lowest BCUT2D eigenvalue weighted by molar-refractivity contribution is -0.00337. The van der Waals surface area contributed by atoms with E-state index < -0.39 is 0 Å². The number of methoxy groups -OCH3 is 1. The molecule has 29 heavy (non-hydrogen) atoms. The molecular formula is C21H23N5O3. The van der Waals surface area contributed by atoms with Gasteiger partial charge in [0.15, 0.2) is 0 Å². The van der Waals surface area contributed by atoms with E-state index in [-0.39, 0.29) is 11.9 Å². The van der Waals surface area contributed by atoms with E-state index in [1.54, 1.807) is 18.2 Å². The van der Waals surface area contributed by atoms with Crippen molar-refractivity contribution in [3.8, 4) is 11.4 Å². The molecule has 1 amide bonds. The fraction of sp³-hybridized carbons (Fsp3) is 0.333. The summed E-state index contributed by atoms with van der Waals surface area (Å²) < 4.78 is 12.9. The van der Waals surface area contributed by atoms with Crippen LogP contribution in [0.25, 0.3) is 5.69 Å². The molecule has 0 bridgehead atoms. The van der Waals surface area contributed by atoms with E-state index in [0.29, 0.717) is 25.5 Å². The summed E-state index contributed by atoms with van der Waals surface area (Å²) in [4.78, 5) is 23.1. The third-order valence-electron chi connectivity index (χ3n) is 5.15. The minimum Gasteiger partial charge on any atom is -0.497 e. The number of rotatable bonds is 4. The summed E-state index contributed by atoms with van der Waals surface area (Å²) in [7, 11) is 1.64. The van der Waals surface area contributed by atoms with Crippen LogP contribution in [0.1, 0.15) is 33.5 Å². The van der Waals surface area contributed by atoms with Crippen molar-refractivity contribution in [2.24, 2.45) is 0 Å². The molecule has 0 aliphatic carbocycles. The van der Waals surface area contributed by atoms with Crippen LogP contribution in [0.2, 0.25) is 0 Å². The molecule has 150 valence electrons. The molecule has 2 aromatic heterocycles. The summed E-state index contributed by atoms with van der Waals surface area (Å²) in [5, 5.41) is 4.74. The summed E-state index contributed by atoms with van der Waals surface area (Å²) >= 11 is 0. The number of ether oxygens (including phenoxy) is 2. The van der Waals surface area contributed by atoms with Crippen molar-refractivity contribution in [1.82, 2.24) is 24.6 Å². The van der Waals surface area contributed by atoms with Gasteiger partial charge in [-0.15, -0.1) is 0 Å². The van der Waals surface area contributed by atoms with Crippen LogP contribution in [0.3, 0.4) is 0 Å². The van der Waals surface area contributed by atoms with Crippen molar-refractivity contribution in [2.75, 3.05) is 26.9 Å². The summed E-state index contributed by atoms with van der Waals surface area (Å²) in [5.74, 6) is 0.608. The minimum absolute atomic E-state index is 0.153. The van der Waals surface area contributed by atoms with E-state index in [0.717, 1.165) is 28.4 Å². The fourth-order valence-electron chi connectivity index (χ4n) is 3.77. The Morgan fingerprint density at radius 2 is 2.14 bits per heavy atom. The summed E-state index contributed by atoms with van der Waals surface area (Å²) in [6, 6.07) is 7.50. The molecule has 3 heterocycles. The van der Waals surface area contributed by atoms with Crippen molar-refractivity contribution in [3.63, 3.8) is 0 Å². The van der Waals surface area contributed by atoms with Crippen molar-refractivity contribution >= 4 is 5.91 Å². The Bertz CT molecular complexity index is 1020. The van der Waals surface area contributed by atoms with E-state index in [4.69, 9.17) is 14.6 Å². The van der Waals surface area contributed by atoms with Gasteiger partial charge in [-0.2, -0.15) is 5.10 Å². The molecule has 4 rings (SSSR count). The number of amides is 1. The van der Waals surface area contributed by atoms with E-state index in [2.05, 4.69) is 9.97 Å². The molecule has 1 saturated heterocycles. The zero-order chi connectivity index (χ0) is 20.4. The quantitative estimate of drug-likeness (QED) is 0.677. The van der Waals surface area contributed by atoms with Gasteiger partial charge in [0.2, 0.25) is 0 Å². The fourth-order valence-corrected chi connectivity index (χ4v) is 3.77. The predicted molar refractivity (Wildman–Crippen MR) is 106 cm³/mol. The molecule has 1 aromatic carbocycles. The van der Waals surface area contributed by atoms with Gasteiger partial charge in [-0.25, -0.2) is 9.67 Å². The van der Waals surface area contributed by atoms with Crippen LogP contribution in [-0.2, 0) is 4.74 Å². The molecule has 0 saturated carbocycles. The van der Waals surface area contributed by atoms with Gasteiger partial charge in [-0.3, -0.25) is 9.78 Å². The Morgan fingerprint density at radius 1 is 1.28 bits per heavy atom. The van der Waals surface area contributed by atoms with Crippen molar-refractivity contribution in [3.05, 3.63) is 65.5 Å². The molecule has 0 unspecified atom stereocenters. The maximum absolute atomic E-state index is 13.1. The molecule has 0 radical (unpaired) electrons. The largest absolute Gasteiger partial charge is 0.497 e. The zero-order valence-electron chi connectivity index (χ0n) is 16.7. The molecule has 1 aliphatic heterocycles. The van der Waals surface area contributed by atoms with Gasteiger partial charge in [0.25, 0.3) is 5.91 Å². The van der Waals surface area contributed by atoms with Crippen molar-refractivity contribution in [1.29, 1.82) is 0 Å². The van der Waals surface area contributed by atoms with Gasteiger partial charge >= 0.3 is 0 Å². The van der Waals surface area contributed by atoms with Gasteiger partial charge in [0, 0.05) is 36.3 Å². The highest BCUT2D eigenvalue weighted by molar-refractivity contribution is 5.92. The number of morpholine rings is 1. The predicted octanol–water partition coefficient (Wildman–Crippen LogP) is 2.50. The second kappa shape index (κ2) is 8.00. The Labute approximate surface area is 169 Å². The zero-order valence-corrected chi connectivity index (χ0v) is 16.7. The van der Waals surface area contributed by atoms with Crippen LogP contribution in [0.5, 0.6) is 5.75 Å². The molecular weight excluding hydrogens is 370 g/mol. The lowest BCUT2D eigenvalue weighted by Gasteiger charge is -2.35. The number of aryl methyl sites for hydroxylation is 1. The number of aromatic nitrogens is 4. The first-order valence-electron chi connectivity index (χ1n) is 9.45. The van der Waals surface area contributed by atoms with Gasteiger partial charge < -0.3 is 14.4 Å². The second-order valence-corrected chi connectivity index (χ2v) is 6.88. The molecule has 1 fully saturated rings. The second-order valence-electron chi connectivity index (χ2n) is 6.88. The van der Waals surface area contributed by atoms with Crippen LogP contribution in [-0.4, -0.2) is 57.4 Å². The van der Waals surface area contributed by atoms with E-state index in [1.165, 1.54) is 12.4 Å². The van der Waals surface area contributed by atoms with Crippen LogP contribution in [0, 0.1) is 13.8 Å². The first kappa shape index (κ1) is 19.1. The van der Waals surface area contributed by atoms with E-state index >= 15 is 0 Å². The Kier molecular flexibility index (Phi) is 5.26. The van der Waals surface area contributed by atoms with Crippen molar-refractivity contribution < 1.29 is 14.3 Å². The Morgan fingerprint density at radius 3 is 2.90 bits per heavy atom. The van der Waals surface area contributed by atoms with Gasteiger partial charge in [0.05, 0.1) is 43.9 Å². The third kappa shape index (κ3) is 3.58. The number of hydrogen-bond acceptors (Lipinski definition) is 6. The Balaban J connectivity index is 1.72. The highest BCUT2D eigenvalue weighted by Crippen LogP contribution is 2.32. The minimum atomic E-state index is -0.238. The smallest absolute Gasteiger partial charge is 0.274 e. The topological polar surface area (TPSA) is 82.4 Å². The maximum atomic E-state index is 13.1. The number of nitrogens with zero attached hydrogens (tertiary/aromatic N) is 5. The number of hydrogen-bond donors (Lipinski definition) is 0. The first-order valence-corrected chi connectivity index (χ1v) is 9.45. The van der Waals surface area contributed by atoms with Crippen LogP contribution < -0.4 is 4.74 Å². The highest BCUT2D eigenvalue weighted by atomic mass is 16.5. The van der Waals surface area contributed by atoms with Crippen LogP contribution >= 0.6 is 0 Å². The standard InChI is InChI=1S/C21H23N5O3/c1-14-20(15(2)26(24-14)16-5-4-6-17(11-16)28-3)19-13-29-10-9-25(19)21(27)18-12-22-7-8-23-18/h4-8,11-12,19H,9-10,13H2,1-3H3/t19-/m1/s1. The summed E-state index contributed by atoms with van der Waals surface area (Å²) in [6.45, 7) is 5.36. The maximum Gasteiger partial charge on any atom is 0.274 e. The van der Waals surface area contributed by atoms with Crippen LogP contribution in [0.4, 0.5) is 0 Å². The summed E-state index contributed by atoms with van der Waals surface area (Å²) in [6.07, 6.45) is 4.58. The monoisotopic (exact) mass is 393 g/mol.